The number of halogens is 1. The van der Waals surface area contributed by atoms with Gasteiger partial charge in [0.05, 0.1) is 18.8 Å². The fraction of sp³-hybridized carbons (Fsp3) is 0.292. The summed E-state index contributed by atoms with van der Waals surface area (Å²) < 4.78 is 29.9. The molecular formula is C24H26FN3O4. The van der Waals surface area contributed by atoms with Gasteiger partial charge in [0.25, 0.3) is 0 Å². The van der Waals surface area contributed by atoms with E-state index >= 15 is 0 Å². The molecule has 4 rings (SSSR count). The zero-order valence-electron chi connectivity index (χ0n) is 17.6. The van der Waals surface area contributed by atoms with Crippen LogP contribution >= 0.6 is 0 Å². The molecule has 3 aromatic rings. The van der Waals surface area contributed by atoms with Crippen molar-refractivity contribution in [3.05, 3.63) is 82.2 Å². The maximum Gasteiger partial charge on any atom is 0.336 e. The topological polar surface area (TPSA) is 104 Å². The molecule has 168 valence electrons. The molecule has 2 aromatic carbocycles. The molecule has 0 saturated carbocycles. The average Bonchev–Trinajstić information content (AvgIpc) is 2.78. The van der Waals surface area contributed by atoms with Crippen molar-refractivity contribution < 1.29 is 18.3 Å². The summed E-state index contributed by atoms with van der Waals surface area (Å²) in [6, 6.07) is 12.9. The maximum atomic E-state index is 13.3. The highest BCUT2D eigenvalue weighted by Gasteiger charge is 2.14. The fourth-order valence-corrected chi connectivity index (χ4v) is 3.71. The highest BCUT2D eigenvalue weighted by molar-refractivity contribution is 5.93. The highest BCUT2D eigenvalue weighted by Crippen LogP contribution is 2.28. The van der Waals surface area contributed by atoms with Gasteiger partial charge >= 0.3 is 5.63 Å². The SMILES string of the molecule is N/C(=C\N(N)Cc1ccc2c(-c3ccc(F)cc3)cc(=O)oc2c1)COC1CCCCO1. The van der Waals surface area contributed by atoms with Crippen molar-refractivity contribution in [3.8, 4) is 11.1 Å². The lowest BCUT2D eigenvalue weighted by Gasteiger charge is -2.23. The minimum atomic E-state index is -0.482. The van der Waals surface area contributed by atoms with Crippen molar-refractivity contribution in [3.63, 3.8) is 0 Å². The van der Waals surface area contributed by atoms with Crippen molar-refractivity contribution in [1.29, 1.82) is 0 Å². The summed E-state index contributed by atoms with van der Waals surface area (Å²) in [6.07, 6.45) is 4.39. The van der Waals surface area contributed by atoms with Gasteiger partial charge in [-0.1, -0.05) is 24.3 Å². The first-order chi connectivity index (χ1) is 15.5. The van der Waals surface area contributed by atoms with E-state index in [9.17, 15) is 9.18 Å². The number of nitrogens with two attached hydrogens (primary N) is 2. The van der Waals surface area contributed by atoms with Gasteiger partial charge in [-0.25, -0.2) is 15.0 Å². The summed E-state index contributed by atoms with van der Waals surface area (Å²) in [5.41, 5.74) is 8.69. The Morgan fingerprint density at radius 1 is 1.19 bits per heavy atom. The lowest BCUT2D eigenvalue weighted by atomic mass is 10.0. The predicted molar refractivity (Wildman–Crippen MR) is 119 cm³/mol. The third-order valence-corrected chi connectivity index (χ3v) is 5.23. The van der Waals surface area contributed by atoms with E-state index in [1.807, 2.05) is 12.1 Å². The molecule has 1 aliphatic rings. The monoisotopic (exact) mass is 439 g/mol. The molecule has 32 heavy (non-hydrogen) atoms. The Bertz CT molecular complexity index is 1150. The van der Waals surface area contributed by atoms with Gasteiger partial charge in [-0.15, -0.1) is 0 Å². The quantitative estimate of drug-likeness (QED) is 0.329. The first-order valence-electron chi connectivity index (χ1n) is 10.5. The van der Waals surface area contributed by atoms with E-state index in [0.29, 0.717) is 30.0 Å². The smallest absolute Gasteiger partial charge is 0.336 e. The number of hydrazine groups is 1. The Labute approximate surface area is 185 Å². The minimum absolute atomic E-state index is 0.222. The van der Waals surface area contributed by atoms with Gasteiger partial charge in [0.15, 0.2) is 6.29 Å². The number of hydrogen-bond donors (Lipinski definition) is 2. The summed E-state index contributed by atoms with van der Waals surface area (Å²) in [4.78, 5) is 12.1. The van der Waals surface area contributed by atoms with Crippen molar-refractivity contribution in [2.75, 3.05) is 13.2 Å². The van der Waals surface area contributed by atoms with Crippen LogP contribution in [0.4, 0.5) is 4.39 Å². The van der Waals surface area contributed by atoms with Crippen LogP contribution in [-0.4, -0.2) is 24.5 Å². The van der Waals surface area contributed by atoms with E-state index in [-0.39, 0.29) is 18.7 Å². The second kappa shape index (κ2) is 9.95. The second-order valence-electron chi connectivity index (χ2n) is 7.80. The number of benzene rings is 2. The molecule has 0 spiro atoms. The van der Waals surface area contributed by atoms with E-state index in [4.69, 9.17) is 25.5 Å². The molecule has 1 unspecified atom stereocenters. The normalized spacial score (nSPS) is 16.9. The van der Waals surface area contributed by atoms with Crippen LogP contribution in [0.3, 0.4) is 0 Å². The van der Waals surface area contributed by atoms with Crippen LogP contribution in [0.5, 0.6) is 0 Å². The zero-order valence-corrected chi connectivity index (χ0v) is 17.6. The van der Waals surface area contributed by atoms with Crippen molar-refractivity contribution >= 4 is 11.0 Å². The molecule has 0 bridgehead atoms. The van der Waals surface area contributed by atoms with Crippen molar-refractivity contribution in [1.82, 2.24) is 5.01 Å². The number of rotatable bonds is 7. The Morgan fingerprint density at radius 2 is 2.00 bits per heavy atom. The molecule has 1 aromatic heterocycles. The van der Waals surface area contributed by atoms with E-state index in [2.05, 4.69) is 0 Å². The Balaban J connectivity index is 1.47. The Morgan fingerprint density at radius 3 is 2.75 bits per heavy atom. The summed E-state index contributed by atoms with van der Waals surface area (Å²) in [5.74, 6) is 5.75. The van der Waals surface area contributed by atoms with Gasteiger partial charge < -0.3 is 24.6 Å². The van der Waals surface area contributed by atoms with Crippen LogP contribution in [0.25, 0.3) is 22.1 Å². The minimum Gasteiger partial charge on any atom is -0.423 e. The van der Waals surface area contributed by atoms with Gasteiger partial charge in [-0.2, -0.15) is 0 Å². The lowest BCUT2D eigenvalue weighted by Crippen LogP contribution is -2.28. The third-order valence-electron chi connectivity index (χ3n) is 5.23. The van der Waals surface area contributed by atoms with Gasteiger partial charge in [0, 0.05) is 24.3 Å². The van der Waals surface area contributed by atoms with Crippen LogP contribution in [0.1, 0.15) is 24.8 Å². The largest absolute Gasteiger partial charge is 0.423 e. The molecule has 0 radical (unpaired) electrons. The third kappa shape index (κ3) is 5.53. The van der Waals surface area contributed by atoms with Crippen LogP contribution in [-0.2, 0) is 16.0 Å². The Hall–Kier alpha value is -3.20. The number of hydrogen-bond acceptors (Lipinski definition) is 7. The maximum absolute atomic E-state index is 13.3. The Kier molecular flexibility index (Phi) is 6.84. The molecule has 1 atom stereocenters. The molecule has 2 heterocycles. The van der Waals surface area contributed by atoms with Crippen molar-refractivity contribution in [2.45, 2.75) is 32.1 Å². The molecule has 1 aliphatic heterocycles. The average molecular weight is 439 g/mol. The second-order valence-corrected chi connectivity index (χ2v) is 7.80. The predicted octanol–water partition coefficient (Wildman–Crippen LogP) is 3.62. The van der Waals surface area contributed by atoms with E-state index in [0.717, 1.165) is 35.8 Å². The molecule has 0 aliphatic carbocycles. The van der Waals surface area contributed by atoms with Crippen LogP contribution in [0.2, 0.25) is 0 Å². The number of fused-ring (bicyclic) bond motifs is 1. The molecule has 4 N–H and O–H groups in total. The van der Waals surface area contributed by atoms with Gasteiger partial charge in [0.2, 0.25) is 0 Å². The molecule has 8 heteroatoms. The molecule has 1 fully saturated rings. The van der Waals surface area contributed by atoms with E-state index < -0.39 is 5.63 Å². The van der Waals surface area contributed by atoms with Crippen LogP contribution in [0, 0.1) is 5.82 Å². The van der Waals surface area contributed by atoms with Crippen LogP contribution in [0.15, 0.2) is 69.6 Å². The van der Waals surface area contributed by atoms with E-state index in [1.165, 1.54) is 23.2 Å². The summed E-state index contributed by atoms with van der Waals surface area (Å²) in [7, 11) is 0. The number of ether oxygens (including phenoxy) is 2. The van der Waals surface area contributed by atoms with E-state index in [1.54, 1.807) is 24.4 Å². The number of nitrogens with zero attached hydrogens (tertiary/aromatic N) is 1. The van der Waals surface area contributed by atoms with Gasteiger partial charge in [-0.05, 0) is 54.2 Å². The molecule has 1 saturated heterocycles. The standard InChI is InChI=1S/C24H26FN3O4/c25-18-7-5-17(6-8-18)21-12-23(29)32-22-11-16(4-9-20(21)22)13-28(27)14-19(26)15-31-24-3-1-2-10-30-24/h4-9,11-12,14,24H,1-3,10,13,15,26-27H2/b19-14-. The summed E-state index contributed by atoms with van der Waals surface area (Å²) in [5, 5.41) is 2.20. The zero-order chi connectivity index (χ0) is 22.5. The molecule has 0 amide bonds. The van der Waals surface area contributed by atoms with Gasteiger partial charge in [-0.3, -0.25) is 0 Å². The molecular weight excluding hydrogens is 413 g/mol. The molecule has 7 nitrogen and oxygen atoms in total. The lowest BCUT2D eigenvalue weighted by molar-refractivity contribution is -0.157. The van der Waals surface area contributed by atoms with Crippen molar-refractivity contribution in [2.24, 2.45) is 11.6 Å². The fourth-order valence-electron chi connectivity index (χ4n) is 3.71. The first-order valence-corrected chi connectivity index (χ1v) is 10.5. The van der Waals surface area contributed by atoms with Crippen LogP contribution < -0.4 is 17.2 Å². The summed E-state index contributed by atoms with van der Waals surface area (Å²) in [6.45, 7) is 1.28. The highest BCUT2D eigenvalue weighted by atomic mass is 19.1. The van der Waals surface area contributed by atoms with Gasteiger partial charge in [0.1, 0.15) is 11.4 Å². The summed E-state index contributed by atoms with van der Waals surface area (Å²) >= 11 is 0. The first kappa shape index (κ1) is 22.0.